The maximum atomic E-state index is 13.1. The summed E-state index contributed by atoms with van der Waals surface area (Å²) in [6.45, 7) is 0.00299. The average molecular weight is 364 g/mol. The average Bonchev–Trinajstić information content (AvgIpc) is 3.14. The molecule has 2 amide bonds. The molecule has 1 aliphatic rings. The van der Waals surface area contributed by atoms with E-state index >= 15 is 0 Å². The first-order valence-corrected chi connectivity index (χ1v) is 8.13. The third-order valence-corrected chi connectivity index (χ3v) is 4.55. The van der Waals surface area contributed by atoms with Gasteiger partial charge >= 0.3 is 0 Å². The minimum atomic E-state index is -0.471. The quantitative estimate of drug-likeness (QED) is 0.727. The summed E-state index contributed by atoms with van der Waals surface area (Å²) in [5.41, 5.74) is 0.507. The predicted octanol–water partition coefficient (Wildman–Crippen LogP) is 4.86. The van der Waals surface area contributed by atoms with Crippen molar-refractivity contribution in [1.29, 1.82) is 0 Å². The molecule has 0 atom stereocenters. The summed E-state index contributed by atoms with van der Waals surface area (Å²) in [4.78, 5) is 25.8. The summed E-state index contributed by atoms with van der Waals surface area (Å²) in [5, 5.41) is -0.214. The van der Waals surface area contributed by atoms with E-state index in [1.165, 1.54) is 12.1 Å². The van der Waals surface area contributed by atoms with Crippen molar-refractivity contribution in [3.8, 4) is 0 Å². The number of hydrogen-bond donors (Lipinski definition) is 0. The van der Waals surface area contributed by atoms with Crippen molar-refractivity contribution in [3.05, 3.63) is 75.8 Å². The monoisotopic (exact) mass is 363 g/mol. The fourth-order valence-electron chi connectivity index (χ4n) is 2.09. The lowest BCUT2D eigenvalue weighted by Crippen LogP contribution is -2.27. The van der Waals surface area contributed by atoms with Crippen LogP contribution in [0.25, 0.3) is 6.08 Å². The normalized spacial score (nSPS) is 16.8. The Bertz CT molecular complexity index is 846. The van der Waals surface area contributed by atoms with Crippen LogP contribution in [0.1, 0.15) is 11.3 Å². The number of amides is 2. The molecule has 2 heterocycles. The van der Waals surface area contributed by atoms with Gasteiger partial charge in [-0.25, -0.2) is 4.39 Å². The van der Waals surface area contributed by atoms with Crippen molar-refractivity contribution >= 4 is 40.6 Å². The van der Waals surface area contributed by atoms with Gasteiger partial charge in [-0.2, -0.15) is 0 Å². The van der Waals surface area contributed by atoms with E-state index in [0.717, 1.165) is 22.7 Å². The van der Waals surface area contributed by atoms with Crippen molar-refractivity contribution in [2.75, 3.05) is 0 Å². The Morgan fingerprint density at radius 2 is 2.12 bits per heavy atom. The number of imide groups is 1. The molecule has 24 heavy (non-hydrogen) atoms. The summed E-state index contributed by atoms with van der Waals surface area (Å²) in [6, 6.07) is 7.37. The van der Waals surface area contributed by atoms with Crippen LogP contribution in [0.2, 0.25) is 5.02 Å². The summed E-state index contributed by atoms with van der Waals surface area (Å²) in [7, 11) is 0. The number of carbonyl (C=O) groups is 2. The van der Waals surface area contributed by atoms with Crippen molar-refractivity contribution in [1.82, 2.24) is 4.90 Å². The highest BCUT2D eigenvalue weighted by Crippen LogP contribution is 2.33. The fourth-order valence-corrected chi connectivity index (χ4v) is 3.10. The summed E-state index contributed by atoms with van der Waals surface area (Å²) in [5.74, 6) is -0.237. The lowest BCUT2D eigenvalue weighted by molar-refractivity contribution is -0.123. The van der Waals surface area contributed by atoms with Crippen LogP contribution in [0.4, 0.5) is 9.18 Å². The molecule has 3 rings (SSSR count). The molecule has 1 aromatic carbocycles. The van der Waals surface area contributed by atoms with Crippen molar-refractivity contribution in [3.63, 3.8) is 0 Å². The van der Waals surface area contributed by atoms with Gasteiger partial charge in [0.2, 0.25) is 0 Å². The maximum absolute atomic E-state index is 13.1. The number of furan rings is 1. The molecule has 1 saturated heterocycles. The molecule has 1 aromatic heterocycles. The van der Waals surface area contributed by atoms with Gasteiger partial charge in [0.05, 0.1) is 17.7 Å². The molecule has 0 saturated carbocycles. The summed E-state index contributed by atoms with van der Waals surface area (Å²) in [6.07, 6.45) is 6.42. The van der Waals surface area contributed by atoms with Crippen LogP contribution in [0.15, 0.2) is 58.1 Å². The first-order valence-electron chi connectivity index (χ1n) is 6.94. The van der Waals surface area contributed by atoms with Crippen LogP contribution < -0.4 is 0 Å². The number of hydrogen-bond acceptors (Lipinski definition) is 4. The number of nitrogens with zero attached hydrogens (tertiary/aromatic N) is 1. The van der Waals surface area contributed by atoms with E-state index in [4.69, 9.17) is 16.0 Å². The van der Waals surface area contributed by atoms with Crippen LogP contribution >= 0.6 is 23.4 Å². The van der Waals surface area contributed by atoms with Gasteiger partial charge in [-0.05, 0) is 53.7 Å². The van der Waals surface area contributed by atoms with Crippen LogP contribution in [0.5, 0.6) is 0 Å². The Morgan fingerprint density at radius 3 is 2.83 bits per heavy atom. The number of rotatable bonds is 4. The van der Waals surface area contributed by atoms with E-state index in [1.807, 2.05) is 0 Å². The van der Waals surface area contributed by atoms with Gasteiger partial charge in [0.25, 0.3) is 11.1 Å². The van der Waals surface area contributed by atoms with Gasteiger partial charge in [-0.1, -0.05) is 23.7 Å². The molecule has 122 valence electrons. The van der Waals surface area contributed by atoms with Crippen LogP contribution in [-0.2, 0) is 11.3 Å². The van der Waals surface area contributed by atoms with E-state index in [2.05, 4.69) is 0 Å². The van der Waals surface area contributed by atoms with Gasteiger partial charge < -0.3 is 4.42 Å². The van der Waals surface area contributed by atoms with E-state index < -0.39 is 17.0 Å². The second kappa shape index (κ2) is 7.07. The summed E-state index contributed by atoms with van der Waals surface area (Å²) < 4.78 is 18.2. The van der Waals surface area contributed by atoms with Crippen molar-refractivity contribution < 1.29 is 18.4 Å². The molecule has 0 radical (unpaired) electrons. The van der Waals surface area contributed by atoms with E-state index in [1.54, 1.807) is 36.6 Å². The molecule has 7 heteroatoms. The smallest absolute Gasteiger partial charge is 0.293 e. The highest BCUT2D eigenvalue weighted by molar-refractivity contribution is 8.18. The first kappa shape index (κ1) is 16.5. The SMILES string of the molecule is O=C1S/C(=C\C=C\c2ccco2)C(=O)N1Cc1ccc(F)cc1Cl. The van der Waals surface area contributed by atoms with Crippen LogP contribution in [0, 0.1) is 5.82 Å². The first-order chi connectivity index (χ1) is 11.5. The molecule has 0 spiro atoms. The minimum Gasteiger partial charge on any atom is -0.465 e. The number of halogens is 2. The lowest BCUT2D eigenvalue weighted by Gasteiger charge is -2.13. The fraction of sp³-hybridized carbons (Fsp3) is 0.0588. The van der Waals surface area contributed by atoms with E-state index in [0.29, 0.717) is 16.2 Å². The van der Waals surface area contributed by atoms with Gasteiger partial charge in [0.1, 0.15) is 11.6 Å². The highest BCUT2D eigenvalue weighted by atomic mass is 35.5. The van der Waals surface area contributed by atoms with Gasteiger partial charge in [0.15, 0.2) is 0 Å². The Balaban J connectivity index is 1.74. The number of allylic oxidation sites excluding steroid dienone is 2. The molecular weight excluding hydrogens is 353 g/mol. The molecule has 1 fully saturated rings. The molecule has 0 unspecified atom stereocenters. The standard InChI is InChI=1S/C17H11ClFNO3S/c18-14-9-12(19)7-6-11(14)10-20-16(21)15(24-17(20)22)5-1-3-13-4-2-8-23-13/h1-9H,10H2/b3-1+,15-5-. The zero-order chi connectivity index (χ0) is 17.1. The third kappa shape index (κ3) is 3.60. The Hall–Kier alpha value is -2.31. The van der Waals surface area contributed by atoms with Gasteiger partial charge in [0, 0.05) is 5.02 Å². The van der Waals surface area contributed by atoms with Gasteiger partial charge in [-0.3, -0.25) is 14.5 Å². The zero-order valence-electron chi connectivity index (χ0n) is 12.2. The number of carbonyl (C=O) groups excluding carboxylic acids is 2. The molecule has 0 bridgehead atoms. The maximum Gasteiger partial charge on any atom is 0.293 e. The number of thioether (sulfide) groups is 1. The molecule has 0 aliphatic carbocycles. The van der Waals surface area contributed by atoms with E-state index in [-0.39, 0.29) is 11.6 Å². The number of benzene rings is 1. The highest BCUT2D eigenvalue weighted by Gasteiger charge is 2.34. The topological polar surface area (TPSA) is 50.5 Å². The van der Waals surface area contributed by atoms with E-state index in [9.17, 15) is 14.0 Å². The van der Waals surface area contributed by atoms with Gasteiger partial charge in [-0.15, -0.1) is 0 Å². The second-order valence-electron chi connectivity index (χ2n) is 4.90. The van der Waals surface area contributed by atoms with Crippen LogP contribution in [-0.4, -0.2) is 16.0 Å². The molecule has 4 nitrogen and oxygen atoms in total. The molecule has 2 aromatic rings. The second-order valence-corrected chi connectivity index (χ2v) is 6.30. The largest absolute Gasteiger partial charge is 0.465 e. The van der Waals surface area contributed by atoms with Crippen LogP contribution in [0.3, 0.4) is 0 Å². The van der Waals surface area contributed by atoms with Crippen molar-refractivity contribution in [2.45, 2.75) is 6.54 Å². The van der Waals surface area contributed by atoms with Crippen molar-refractivity contribution in [2.24, 2.45) is 0 Å². The molecule has 0 N–H and O–H groups in total. The Morgan fingerprint density at radius 1 is 1.29 bits per heavy atom. The summed E-state index contributed by atoms with van der Waals surface area (Å²) >= 11 is 6.79. The molecular formula is C17H11ClFNO3S. The lowest BCUT2D eigenvalue weighted by atomic mass is 10.2. The Labute approximate surface area is 146 Å². The minimum absolute atomic E-state index is 0.00299. The zero-order valence-corrected chi connectivity index (χ0v) is 13.8. The Kier molecular flexibility index (Phi) is 4.87. The predicted molar refractivity (Wildman–Crippen MR) is 90.8 cm³/mol. The molecule has 1 aliphatic heterocycles. The third-order valence-electron chi connectivity index (χ3n) is 3.27.